The van der Waals surface area contributed by atoms with Gasteiger partial charge in [-0.3, -0.25) is 15.0 Å². The normalized spacial score (nSPS) is 18.0. The van der Waals surface area contributed by atoms with E-state index in [9.17, 15) is 19.7 Å². The van der Waals surface area contributed by atoms with Gasteiger partial charge >= 0.3 is 12.0 Å². The van der Waals surface area contributed by atoms with Gasteiger partial charge in [0.2, 0.25) is 0 Å². The molecule has 1 aliphatic heterocycles. The second-order valence-electron chi connectivity index (χ2n) is 6.73. The quantitative estimate of drug-likeness (QED) is 0.514. The molecule has 1 aromatic rings. The van der Waals surface area contributed by atoms with Crippen molar-refractivity contribution in [3.63, 3.8) is 0 Å². The molecule has 0 radical (unpaired) electrons. The number of esters is 1. The standard InChI is InChI=1S/C17H21N3O5/c1-10-13(15(21)25-5)14(18-16(22)19(10)17(2,3)4)11-7-6-8-12(9-11)20(23)24/h6-9,14H,1-5H3,(H,18,22). The summed E-state index contributed by atoms with van der Waals surface area (Å²) < 4.78 is 4.88. The van der Waals surface area contributed by atoms with Gasteiger partial charge in [0.25, 0.3) is 5.69 Å². The number of carbonyl (C=O) groups excluding carboxylic acids is 2. The van der Waals surface area contributed by atoms with E-state index in [2.05, 4.69) is 5.32 Å². The average molecular weight is 347 g/mol. The van der Waals surface area contributed by atoms with Crippen LogP contribution in [0.3, 0.4) is 0 Å². The number of carbonyl (C=O) groups is 2. The number of nitro groups is 1. The van der Waals surface area contributed by atoms with Crippen molar-refractivity contribution in [1.29, 1.82) is 0 Å². The number of ether oxygens (including phenoxy) is 1. The molecule has 0 spiro atoms. The van der Waals surface area contributed by atoms with E-state index in [0.29, 0.717) is 11.3 Å². The number of non-ortho nitro benzene ring substituents is 1. The second-order valence-corrected chi connectivity index (χ2v) is 6.73. The lowest BCUT2D eigenvalue weighted by Crippen LogP contribution is -2.54. The van der Waals surface area contributed by atoms with Crippen molar-refractivity contribution < 1.29 is 19.2 Å². The Morgan fingerprint density at radius 1 is 1.36 bits per heavy atom. The fourth-order valence-corrected chi connectivity index (χ4v) is 2.99. The summed E-state index contributed by atoms with van der Waals surface area (Å²) in [5.74, 6) is -0.594. The number of amides is 2. The molecule has 2 amide bonds. The highest BCUT2D eigenvalue weighted by Crippen LogP contribution is 2.35. The highest BCUT2D eigenvalue weighted by atomic mass is 16.6. The largest absolute Gasteiger partial charge is 0.466 e. The maximum absolute atomic E-state index is 12.6. The fraction of sp³-hybridized carbons (Fsp3) is 0.412. The van der Waals surface area contributed by atoms with Gasteiger partial charge in [0, 0.05) is 23.4 Å². The first-order valence-electron chi connectivity index (χ1n) is 7.72. The number of nitrogens with one attached hydrogen (secondary N) is 1. The maximum atomic E-state index is 12.6. The summed E-state index contributed by atoms with van der Waals surface area (Å²) in [4.78, 5) is 37.0. The summed E-state index contributed by atoms with van der Waals surface area (Å²) >= 11 is 0. The number of rotatable bonds is 3. The zero-order valence-corrected chi connectivity index (χ0v) is 14.8. The Morgan fingerprint density at radius 3 is 2.52 bits per heavy atom. The van der Waals surface area contributed by atoms with Crippen LogP contribution in [-0.4, -0.2) is 34.5 Å². The van der Waals surface area contributed by atoms with Crippen molar-refractivity contribution in [1.82, 2.24) is 10.2 Å². The smallest absolute Gasteiger partial charge is 0.337 e. The van der Waals surface area contributed by atoms with Crippen molar-refractivity contribution in [2.75, 3.05) is 7.11 Å². The van der Waals surface area contributed by atoms with E-state index in [1.54, 1.807) is 13.0 Å². The van der Waals surface area contributed by atoms with Gasteiger partial charge in [-0.1, -0.05) is 12.1 Å². The number of nitrogens with zero attached hydrogens (tertiary/aromatic N) is 2. The van der Waals surface area contributed by atoms with Crippen LogP contribution in [0.25, 0.3) is 0 Å². The van der Waals surface area contributed by atoms with Crippen LogP contribution < -0.4 is 5.32 Å². The number of urea groups is 1. The van der Waals surface area contributed by atoms with Crippen molar-refractivity contribution in [2.24, 2.45) is 0 Å². The molecule has 1 aliphatic rings. The molecular formula is C17H21N3O5. The Balaban J connectivity index is 2.63. The molecule has 0 saturated carbocycles. The Morgan fingerprint density at radius 2 is 2.00 bits per heavy atom. The van der Waals surface area contributed by atoms with Crippen LogP contribution in [0.1, 0.15) is 39.3 Å². The topological polar surface area (TPSA) is 102 Å². The van der Waals surface area contributed by atoms with Crippen LogP contribution >= 0.6 is 0 Å². The van der Waals surface area contributed by atoms with Gasteiger partial charge in [0.15, 0.2) is 0 Å². The molecule has 0 aromatic heterocycles. The van der Waals surface area contributed by atoms with Gasteiger partial charge in [-0.05, 0) is 33.3 Å². The Hall–Kier alpha value is -2.90. The summed E-state index contributed by atoms with van der Waals surface area (Å²) in [5, 5.41) is 13.8. The minimum Gasteiger partial charge on any atom is -0.466 e. The predicted octanol–water partition coefficient (Wildman–Crippen LogP) is 2.91. The lowest BCUT2D eigenvalue weighted by molar-refractivity contribution is -0.384. The molecule has 134 valence electrons. The van der Waals surface area contributed by atoms with Gasteiger partial charge in [0.05, 0.1) is 23.6 Å². The van der Waals surface area contributed by atoms with Crippen LogP contribution in [0.5, 0.6) is 0 Å². The molecule has 1 heterocycles. The lowest BCUT2D eigenvalue weighted by Gasteiger charge is -2.42. The van der Waals surface area contributed by atoms with Crippen LogP contribution in [0.15, 0.2) is 35.5 Å². The van der Waals surface area contributed by atoms with Crippen LogP contribution in [0, 0.1) is 10.1 Å². The highest BCUT2D eigenvalue weighted by Gasteiger charge is 2.40. The van der Waals surface area contributed by atoms with Crippen LogP contribution in [0.4, 0.5) is 10.5 Å². The Bertz CT molecular complexity index is 764. The number of allylic oxidation sites excluding steroid dienone is 1. The van der Waals surface area contributed by atoms with Gasteiger partial charge < -0.3 is 10.1 Å². The van der Waals surface area contributed by atoms with Crippen LogP contribution in [-0.2, 0) is 9.53 Å². The second kappa shape index (κ2) is 6.54. The first kappa shape index (κ1) is 18.4. The maximum Gasteiger partial charge on any atom is 0.337 e. The van der Waals surface area contributed by atoms with E-state index < -0.39 is 22.5 Å². The molecule has 1 aromatic carbocycles. The van der Waals surface area contributed by atoms with Crippen molar-refractivity contribution in [3.05, 3.63) is 51.2 Å². The Labute approximate surface area is 145 Å². The minimum absolute atomic E-state index is 0.119. The molecule has 8 heteroatoms. The molecule has 0 saturated heterocycles. The molecule has 0 fully saturated rings. The molecular weight excluding hydrogens is 326 g/mol. The van der Waals surface area contributed by atoms with Crippen LogP contribution in [0.2, 0.25) is 0 Å². The van der Waals surface area contributed by atoms with Crippen molar-refractivity contribution in [3.8, 4) is 0 Å². The first-order chi connectivity index (χ1) is 11.6. The van der Waals surface area contributed by atoms with Gasteiger partial charge in [0.1, 0.15) is 0 Å². The van der Waals surface area contributed by atoms with E-state index >= 15 is 0 Å². The fourth-order valence-electron chi connectivity index (χ4n) is 2.99. The van der Waals surface area contributed by atoms with Crippen molar-refractivity contribution >= 4 is 17.7 Å². The first-order valence-corrected chi connectivity index (χ1v) is 7.72. The third-order valence-electron chi connectivity index (χ3n) is 3.98. The molecule has 1 N–H and O–H groups in total. The SMILES string of the molecule is COC(=O)C1=C(C)N(C(C)(C)C)C(=O)NC1c1cccc([N+](=O)[O-])c1. The lowest BCUT2D eigenvalue weighted by atomic mass is 9.92. The predicted molar refractivity (Wildman–Crippen MR) is 90.7 cm³/mol. The summed E-state index contributed by atoms with van der Waals surface area (Å²) in [6.07, 6.45) is 0. The molecule has 0 bridgehead atoms. The number of hydrogen-bond donors (Lipinski definition) is 1. The molecule has 1 atom stereocenters. The van der Waals surface area contributed by atoms with E-state index in [4.69, 9.17) is 4.74 Å². The van der Waals surface area contributed by atoms with E-state index in [1.807, 2.05) is 20.8 Å². The molecule has 0 aliphatic carbocycles. The van der Waals surface area contributed by atoms with Gasteiger partial charge in [-0.15, -0.1) is 0 Å². The number of nitro benzene ring substituents is 1. The van der Waals surface area contributed by atoms with E-state index in [0.717, 1.165) is 0 Å². The molecule has 2 rings (SSSR count). The van der Waals surface area contributed by atoms with E-state index in [1.165, 1.54) is 30.2 Å². The Kier molecular flexibility index (Phi) is 4.82. The number of hydrogen-bond acceptors (Lipinski definition) is 5. The number of benzene rings is 1. The minimum atomic E-state index is -0.821. The highest BCUT2D eigenvalue weighted by molar-refractivity contribution is 5.95. The third-order valence-corrected chi connectivity index (χ3v) is 3.98. The van der Waals surface area contributed by atoms with E-state index in [-0.39, 0.29) is 17.3 Å². The van der Waals surface area contributed by atoms with Gasteiger partial charge in [-0.2, -0.15) is 0 Å². The monoisotopic (exact) mass is 347 g/mol. The summed E-state index contributed by atoms with van der Waals surface area (Å²) in [6.45, 7) is 7.20. The zero-order valence-electron chi connectivity index (χ0n) is 14.8. The molecule has 1 unspecified atom stereocenters. The summed E-state index contributed by atoms with van der Waals surface area (Å²) in [7, 11) is 1.25. The average Bonchev–Trinajstić information content (AvgIpc) is 2.52. The zero-order chi connectivity index (χ0) is 18.9. The summed E-state index contributed by atoms with van der Waals surface area (Å²) in [5.41, 5.74) is 0.473. The molecule has 25 heavy (non-hydrogen) atoms. The van der Waals surface area contributed by atoms with Crippen molar-refractivity contribution in [2.45, 2.75) is 39.3 Å². The molecule has 8 nitrogen and oxygen atoms in total. The summed E-state index contributed by atoms with van der Waals surface area (Å²) in [6, 6.07) is 4.63. The van der Waals surface area contributed by atoms with Gasteiger partial charge in [-0.25, -0.2) is 9.59 Å². The number of methoxy groups -OCH3 is 1. The third kappa shape index (κ3) is 3.47.